The quantitative estimate of drug-likeness (QED) is 0.796. The molecule has 0 amide bonds. The highest BCUT2D eigenvalue weighted by molar-refractivity contribution is 5.22. The topological polar surface area (TPSA) is 35.8 Å². The Kier molecular flexibility index (Phi) is 4.86. The third kappa shape index (κ3) is 3.73. The van der Waals surface area contributed by atoms with Crippen molar-refractivity contribution in [1.82, 2.24) is 5.32 Å². The van der Waals surface area contributed by atoms with E-state index in [-0.39, 0.29) is 6.04 Å². The Morgan fingerprint density at radius 1 is 1.20 bits per heavy atom. The minimum Gasteiger partial charge on any atom is -0.298 e. The van der Waals surface area contributed by atoms with Crippen molar-refractivity contribution in [1.29, 1.82) is 5.26 Å². The zero-order valence-corrected chi connectivity index (χ0v) is 9.46. The summed E-state index contributed by atoms with van der Waals surface area (Å²) in [7, 11) is 0. The smallest absolute Gasteiger partial charge is 0.0952 e. The fourth-order valence-corrected chi connectivity index (χ4v) is 1.42. The molecule has 0 radical (unpaired) electrons. The zero-order valence-electron chi connectivity index (χ0n) is 9.46. The first-order chi connectivity index (χ1) is 7.30. The highest BCUT2D eigenvalue weighted by atomic mass is 14.9. The van der Waals surface area contributed by atoms with Crippen molar-refractivity contribution in [3.8, 4) is 6.07 Å². The molecular formula is C13H18N2. The second kappa shape index (κ2) is 6.21. The molecule has 15 heavy (non-hydrogen) atoms. The molecule has 2 heteroatoms. The van der Waals surface area contributed by atoms with Gasteiger partial charge in [-0.2, -0.15) is 5.26 Å². The molecule has 1 aromatic rings. The van der Waals surface area contributed by atoms with Crippen molar-refractivity contribution in [2.75, 3.05) is 0 Å². The number of aryl methyl sites for hydroxylation is 1. The van der Waals surface area contributed by atoms with E-state index in [9.17, 15) is 0 Å². The molecule has 1 aromatic carbocycles. The van der Waals surface area contributed by atoms with E-state index in [1.54, 1.807) is 0 Å². The predicted octanol–water partition coefficient (Wildman–Crippen LogP) is 2.64. The monoisotopic (exact) mass is 202 g/mol. The number of rotatable bonds is 5. The lowest BCUT2D eigenvalue weighted by atomic mass is 10.1. The summed E-state index contributed by atoms with van der Waals surface area (Å²) >= 11 is 0. The SMILES string of the molecule is CCc1ccc(CNC(C#N)CC)cc1. The van der Waals surface area contributed by atoms with E-state index in [0.29, 0.717) is 0 Å². The van der Waals surface area contributed by atoms with E-state index in [1.165, 1.54) is 11.1 Å². The lowest BCUT2D eigenvalue weighted by Crippen LogP contribution is -2.26. The molecule has 0 spiro atoms. The molecule has 0 aliphatic carbocycles. The van der Waals surface area contributed by atoms with Gasteiger partial charge in [-0.05, 0) is 24.0 Å². The molecule has 1 rings (SSSR count). The third-order valence-electron chi connectivity index (χ3n) is 2.55. The van der Waals surface area contributed by atoms with E-state index in [2.05, 4.69) is 42.6 Å². The summed E-state index contributed by atoms with van der Waals surface area (Å²) in [5.74, 6) is 0. The van der Waals surface area contributed by atoms with Gasteiger partial charge in [0.05, 0.1) is 12.1 Å². The van der Waals surface area contributed by atoms with Crippen molar-refractivity contribution in [3.63, 3.8) is 0 Å². The van der Waals surface area contributed by atoms with Gasteiger partial charge in [-0.1, -0.05) is 38.1 Å². The van der Waals surface area contributed by atoms with Crippen LogP contribution in [0.4, 0.5) is 0 Å². The van der Waals surface area contributed by atoms with Crippen LogP contribution in [0.1, 0.15) is 31.4 Å². The van der Waals surface area contributed by atoms with Gasteiger partial charge in [-0.25, -0.2) is 0 Å². The summed E-state index contributed by atoms with van der Waals surface area (Å²) in [6.07, 6.45) is 1.92. The molecule has 1 unspecified atom stereocenters. The van der Waals surface area contributed by atoms with Gasteiger partial charge >= 0.3 is 0 Å². The highest BCUT2D eigenvalue weighted by Gasteiger charge is 2.02. The summed E-state index contributed by atoms with van der Waals surface area (Å²) in [5.41, 5.74) is 2.59. The van der Waals surface area contributed by atoms with Crippen molar-refractivity contribution in [2.24, 2.45) is 0 Å². The first kappa shape index (κ1) is 11.7. The molecule has 0 saturated heterocycles. The van der Waals surface area contributed by atoms with Crippen LogP contribution in [0.15, 0.2) is 24.3 Å². The Morgan fingerprint density at radius 2 is 1.80 bits per heavy atom. The zero-order chi connectivity index (χ0) is 11.1. The molecule has 80 valence electrons. The van der Waals surface area contributed by atoms with Gasteiger partial charge in [0, 0.05) is 6.54 Å². The average Bonchev–Trinajstić information content (AvgIpc) is 2.31. The fourth-order valence-electron chi connectivity index (χ4n) is 1.42. The maximum atomic E-state index is 8.77. The number of nitrogens with zero attached hydrogens (tertiary/aromatic N) is 1. The Hall–Kier alpha value is -1.33. The van der Waals surface area contributed by atoms with Crippen LogP contribution < -0.4 is 5.32 Å². The van der Waals surface area contributed by atoms with E-state index in [0.717, 1.165) is 19.4 Å². The molecule has 0 aliphatic rings. The first-order valence-electron chi connectivity index (χ1n) is 5.51. The maximum Gasteiger partial charge on any atom is 0.0952 e. The van der Waals surface area contributed by atoms with Crippen LogP contribution in [0.3, 0.4) is 0 Å². The highest BCUT2D eigenvalue weighted by Crippen LogP contribution is 2.05. The molecule has 0 aliphatic heterocycles. The van der Waals surface area contributed by atoms with Crippen LogP contribution in [0.25, 0.3) is 0 Å². The molecule has 0 fully saturated rings. The molecule has 1 atom stereocenters. The third-order valence-corrected chi connectivity index (χ3v) is 2.55. The Balaban J connectivity index is 2.48. The summed E-state index contributed by atoms with van der Waals surface area (Å²) in [6, 6.07) is 10.7. The van der Waals surface area contributed by atoms with Crippen LogP contribution in [0.2, 0.25) is 0 Å². The molecule has 0 saturated carbocycles. The normalized spacial score (nSPS) is 12.1. The largest absolute Gasteiger partial charge is 0.298 e. The number of hydrogen-bond acceptors (Lipinski definition) is 2. The number of hydrogen-bond donors (Lipinski definition) is 1. The van der Waals surface area contributed by atoms with Gasteiger partial charge in [-0.3, -0.25) is 5.32 Å². The van der Waals surface area contributed by atoms with Crippen molar-refractivity contribution in [2.45, 2.75) is 39.3 Å². The molecule has 0 bridgehead atoms. The number of nitriles is 1. The fraction of sp³-hybridized carbons (Fsp3) is 0.462. The van der Waals surface area contributed by atoms with Crippen LogP contribution >= 0.6 is 0 Å². The molecular weight excluding hydrogens is 184 g/mol. The standard InChI is InChI=1S/C13H18N2/c1-3-11-5-7-12(8-6-11)10-15-13(4-2)9-14/h5-8,13,15H,3-4,10H2,1-2H3. The maximum absolute atomic E-state index is 8.77. The molecule has 0 aromatic heterocycles. The average molecular weight is 202 g/mol. The van der Waals surface area contributed by atoms with Crippen molar-refractivity contribution in [3.05, 3.63) is 35.4 Å². The summed E-state index contributed by atoms with van der Waals surface area (Å²) < 4.78 is 0. The molecule has 2 nitrogen and oxygen atoms in total. The van der Waals surface area contributed by atoms with Gasteiger partial charge in [0.25, 0.3) is 0 Å². The van der Waals surface area contributed by atoms with Gasteiger partial charge < -0.3 is 0 Å². The van der Waals surface area contributed by atoms with Gasteiger partial charge in [0.2, 0.25) is 0 Å². The second-order valence-corrected chi connectivity index (χ2v) is 3.64. The van der Waals surface area contributed by atoms with Crippen molar-refractivity contribution < 1.29 is 0 Å². The van der Waals surface area contributed by atoms with Gasteiger partial charge in [0.1, 0.15) is 0 Å². The van der Waals surface area contributed by atoms with E-state index in [1.807, 2.05) is 6.92 Å². The van der Waals surface area contributed by atoms with E-state index < -0.39 is 0 Å². The van der Waals surface area contributed by atoms with E-state index >= 15 is 0 Å². The van der Waals surface area contributed by atoms with Gasteiger partial charge in [-0.15, -0.1) is 0 Å². The molecule has 1 N–H and O–H groups in total. The molecule has 0 heterocycles. The minimum atomic E-state index is -0.0316. The second-order valence-electron chi connectivity index (χ2n) is 3.64. The lowest BCUT2D eigenvalue weighted by Gasteiger charge is -2.09. The van der Waals surface area contributed by atoms with Crippen LogP contribution in [0.5, 0.6) is 0 Å². The predicted molar refractivity (Wildman–Crippen MR) is 62.4 cm³/mol. The lowest BCUT2D eigenvalue weighted by molar-refractivity contribution is 0.587. The number of nitrogens with one attached hydrogen (secondary N) is 1. The van der Waals surface area contributed by atoms with E-state index in [4.69, 9.17) is 5.26 Å². The first-order valence-corrected chi connectivity index (χ1v) is 5.51. The summed E-state index contributed by atoms with van der Waals surface area (Å²) in [5, 5.41) is 12.0. The van der Waals surface area contributed by atoms with Crippen molar-refractivity contribution >= 4 is 0 Å². The van der Waals surface area contributed by atoms with Crippen LogP contribution in [-0.2, 0) is 13.0 Å². The number of benzene rings is 1. The summed E-state index contributed by atoms with van der Waals surface area (Å²) in [6.45, 7) is 4.94. The Bertz CT molecular complexity index is 321. The Labute approximate surface area is 91.9 Å². The van der Waals surface area contributed by atoms with Gasteiger partial charge in [0.15, 0.2) is 0 Å². The van der Waals surface area contributed by atoms with Crippen LogP contribution in [-0.4, -0.2) is 6.04 Å². The minimum absolute atomic E-state index is 0.0316. The Morgan fingerprint density at radius 3 is 2.27 bits per heavy atom. The van der Waals surface area contributed by atoms with Crippen LogP contribution in [0, 0.1) is 11.3 Å². The summed E-state index contributed by atoms with van der Waals surface area (Å²) in [4.78, 5) is 0.